The van der Waals surface area contributed by atoms with Gasteiger partial charge in [0.15, 0.2) is 15.8 Å². The fraction of sp³-hybridized carbons (Fsp3) is 0.722. The van der Waals surface area contributed by atoms with Gasteiger partial charge in [0.05, 0.1) is 11.5 Å². The molecule has 0 spiro atoms. The second kappa shape index (κ2) is 8.71. The van der Waals surface area contributed by atoms with Gasteiger partial charge in [-0.15, -0.1) is 0 Å². The molecule has 0 amide bonds. The third-order valence-corrected chi connectivity index (χ3v) is 7.89. The number of rotatable bonds is 5. The van der Waals surface area contributed by atoms with Gasteiger partial charge in [0.2, 0.25) is 0 Å². The molecule has 0 aromatic carbocycles. The smallest absolute Gasteiger partial charge is 0.194 e. The quantitative estimate of drug-likeness (QED) is 0.605. The zero-order chi connectivity index (χ0) is 18.6. The van der Waals surface area contributed by atoms with Crippen molar-refractivity contribution in [1.29, 1.82) is 0 Å². The van der Waals surface area contributed by atoms with Crippen LogP contribution in [0.5, 0.6) is 0 Å². The Hall–Kier alpha value is -1.12. The molecule has 26 heavy (non-hydrogen) atoms. The molecule has 2 atom stereocenters. The Morgan fingerprint density at radius 2 is 2.15 bits per heavy atom. The SMILES string of the molecule is CCNC(=NCC1CCS(=O)(=O)C1)N1CCN(C(C)c2ccsc2)CC1. The molecule has 6 nitrogen and oxygen atoms in total. The van der Waals surface area contributed by atoms with E-state index in [-0.39, 0.29) is 5.92 Å². The monoisotopic (exact) mass is 398 g/mol. The van der Waals surface area contributed by atoms with Crippen molar-refractivity contribution in [3.8, 4) is 0 Å². The maximum absolute atomic E-state index is 11.6. The predicted molar refractivity (Wildman–Crippen MR) is 109 cm³/mol. The van der Waals surface area contributed by atoms with Gasteiger partial charge in [-0.3, -0.25) is 9.89 Å². The normalized spacial score (nSPS) is 25.4. The standard InChI is InChI=1S/C18H30N4O2S2/c1-3-19-18(20-12-16-5-11-26(23,24)14-16)22-8-6-21(7-9-22)15(2)17-4-10-25-13-17/h4,10,13,15-16H,3,5-9,11-12,14H2,1-2H3,(H,19,20). The van der Waals surface area contributed by atoms with Crippen LogP contribution in [0, 0.1) is 5.92 Å². The molecule has 3 rings (SSSR count). The molecule has 2 saturated heterocycles. The van der Waals surface area contributed by atoms with E-state index < -0.39 is 9.84 Å². The van der Waals surface area contributed by atoms with Crippen molar-refractivity contribution < 1.29 is 8.42 Å². The number of piperazine rings is 1. The van der Waals surface area contributed by atoms with Gasteiger partial charge in [-0.05, 0) is 48.6 Å². The molecule has 8 heteroatoms. The molecule has 146 valence electrons. The first kappa shape index (κ1) is 19.6. The Morgan fingerprint density at radius 3 is 2.73 bits per heavy atom. The first-order valence-electron chi connectivity index (χ1n) is 9.48. The number of thiophene rings is 1. The molecule has 2 unspecified atom stereocenters. The second-order valence-electron chi connectivity index (χ2n) is 7.22. The predicted octanol–water partition coefficient (Wildman–Crippen LogP) is 1.83. The molecule has 1 aromatic heterocycles. The molecule has 1 N–H and O–H groups in total. The Kier molecular flexibility index (Phi) is 6.58. The van der Waals surface area contributed by atoms with E-state index in [4.69, 9.17) is 4.99 Å². The van der Waals surface area contributed by atoms with Crippen LogP contribution < -0.4 is 5.32 Å². The first-order chi connectivity index (χ1) is 12.5. The van der Waals surface area contributed by atoms with Crippen molar-refractivity contribution in [1.82, 2.24) is 15.1 Å². The fourth-order valence-electron chi connectivity index (χ4n) is 3.70. The number of hydrogen-bond donors (Lipinski definition) is 1. The molecular formula is C18H30N4O2S2. The Labute approximate surface area is 161 Å². The Morgan fingerprint density at radius 1 is 1.38 bits per heavy atom. The molecule has 0 bridgehead atoms. The van der Waals surface area contributed by atoms with Gasteiger partial charge in [0.25, 0.3) is 0 Å². The highest BCUT2D eigenvalue weighted by Crippen LogP contribution is 2.23. The maximum Gasteiger partial charge on any atom is 0.194 e. The number of nitrogens with zero attached hydrogens (tertiary/aromatic N) is 3. The highest BCUT2D eigenvalue weighted by atomic mass is 32.2. The van der Waals surface area contributed by atoms with E-state index in [0.717, 1.165) is 45.1 Å². The van der Waals surface area contributed by atoms with Crippen molar-refractivity contribution in [3.05, 3.63) is 22.4 Å². The minimum absolute atomic E-state index is 0.175. The molecule has 2 aliphatic heterocycles. The van der Waals surface area contributed by atoms with Crippen LogP contribution in [0.4, 0.5) is 0 Å². The van der Waals surface area contributed by atoms with Crippen LogP contribution in [-0.4, -0.2) is 75.0 Å². The number of aliphatic imine (C=N–C) groups is 1. The number of sulfone groups is 1. The average molecular weight is 399 g/mol. The van der Waals surface area contributed by atoms with Crippen molar-refractivity contribution in [2.75, 3.05) is 50.8 Å². The molecule has 2 fully saturated rings. The van der Waals surface area contributed by atoms with Gasteiger partial charge in [0, 0.05) is 45.3 Å². The van der Waals surface area contributed by atoms with Gasteiger partial charge in [-0.25, -0.2) is 8.42 Å². The summed E-state index contributed by atoms with van der Waals surface area (Å²) in [5, 5.41) is 7.75. The van der Waals surface area contributed by atoms with E-state index in [1.807, 2.05) is 0 Å². The van der Waals surface area contributed by atoms with Gasteiger partial charge >= 0.3 is 0 Å². The van der Waals surface area contributed by atoms with E-state index >= 15 is 0 Å². The van der Waals surface area contributed by atoms with Gasteiger partial charge in [0.1, 0.15) is 0 Å². The molecule has 3 heterocycles. The second-order valence-corrected chi connectivity index (χ2v) is 10.2. The highest BCUT2D eigenvalue weighted by Gasteiger charge is 2.28. The molecular weight excluding hydrogens is 368 g/mol. The van der Waals surface area contributed by atoms with Crippen LogP contribution in [-0.2, 0) is 9.84 Å². The minimum Gasteiger partial charge on any atom is -0.357 e. The van der Waals surface area contributed by atoms with Crippen LogP contribution >= 0.6 is 11.3 Å². The van der Waals surface area contributed by atoms with Crippen LogP contribution in [0.25, 0.3) is 0 Å². The summed E-state index contributed by atoms with van der Waals surface area (Å²) in [7, 11) is -2.83. The lowest BCUT2D eigenvalue weighted by Crippen LogP contribution is -2.53. The van der Waals surface area contributed by atoms with Crippen molar-refractivity contribution in [2.24, 2.45) is 10.9 Å². The summed E-state index contributed by atoms with van der Waals surface area (Å²) >= 11 is 1.75. The third-order valence-electron chi connectivity index (χ3n) is 5.35. The van der Waals surface area contributed by atoms with E-state index in [1.54, 1.807) is 11.3 Å². The van der Waals surface area contributed by atoms with E-state index in [2.05, 4.69) is 45.8 Å². The summed E-state index contributed by atoms with van der Waals surface area (Å²) in [5.74, 6) is 1.72. The summed E-state index contributed by atoms with van der Waals surface area (Å²) in [4.78, 5) is 9.58. The van der Waals surface area contributed by atoms with Crippen LogP contribution in [0.15, 0.2) is 21.8 Å². The van der Waals surface area contributed by atoms with E-state index in [0.29, 0.717) is 24.1 Å². The summed E-state index contributed by atoms with van der Waals surface area (Å²) in [5.41, 5.74) is 1.39. The summed E-state index contributed by atoms with van der Waals surface area (Å²) in [6.07, 6.45) is 0.747. The zero-order valence-corrected chi connectivity index (χ0v) is 17.4. The number of guanidine groups is 1. The van der Waals surface area contributed by atoms with Crippen LogP contribution in [0.3, 0.4) is 0 Å². The number of hydrogen-bond acceptors (Lipinski definition) is 5. The minimum atomic E-state index is -2.83. The lowest BCUT2D eigenvalue weighted by molar-refractivity contribution is 0.138. The van der Waals surface area contributed by atoms with Crippen LogP contribution in [0.2, 0.25) is 0 Å². The Bertz CT molecular complexity index is 695. The average Bonchev–Trinajstić information content (AvgIpc) is 3.28. The lowest BCUT2D eigenvalue weighted by Gasteiger charge is -2.39. The van der Waals surface area contributed by atoms with Gasteiger partial charge in [-0.1, -0.05) is 0 Å². The summed E-state index contributed by atoms with van der Waals surface area (Å²) in [6, 6.07) is 2.66. The van der Waals surface area contributed by atoms with E-state index in [1.165, 1.54) is 5.56 Å². The van der Waals surface area contributed by atoms with E-state index in [9.17, 15) is 8.42 Å². The molecule has 0 aliphatic carbocycles. The van der Waals surface area contributed by atoms with Gasteiger partial charge < -0.3 is 10.2 Å². The third kappa shape index (κ3) is 4.98. The first-order valence-corrected chi connectivity index (χ1v) is 12.2. The fourth-order valence-corrected chi connectivity index (χ4v) is 6.30. The molecule has 1 aromatic rings. The Balaban J connectivity index is 1.55. The largest absolute Gasteiger partial charge is 0.357 e. The molecule has 0 radical (unpaired) electrons. The zero-order valence-electron chi connectivity index (χ0n) is 15.7. The summed E-state index contributed by atoms with van der Waals surface area (Å²) in [6.45, 7) is 9.70. The van der Waals surface area contributed by atoms with Crippen LogP contribution in [0.1, 0.15) is 31.9 Å². The topological polar surface area (TPSA) is 65.0 Å². The molecule has 0 saturated carbocycles. The van der Waals surface area contributed by atoms with Crippen molar-refractivity contribution in [3.63, 3.8) is 0 Å². The van der Waals surface area contributed by atoms with Crippen molar-refractivity contribution >= 4 is 27.1 Å². The van der Waals surface area contributed by atoms with Crippen molar-refractivity contribution in [2.45, 2.75) is 26.3 Å². The number of nitrogens with one attached hydrogen (secondary N) is 1. The molecule has 2 aliphatic rings. The van der Waals surface area contributed by atoms with Gasteiger partial charge in [-0.2, -0.15) is 11.3 Å². The lowest BCUT2D eigenvalue weighted by atomic mass is 10.1. The highest BCUT2D eigenvalue weighted by molar-refractivity contribution is 7.91. The summed E-state index contributed by atoms with van der Waals surface area (Å²) < 4.78 is 23.3. The maximum atomic E-state index is 11.6.